The lowest BCUT2D eigenvalue weighted by atomic mass is 9.80. The molecule has 0 radical (unpaired) electrons. The van der Waals surface area contributed by atoms with Crippen molar-refractivity contribution in [1.29, 1.82) is 5.26 Å². The van der Waals surface area contributed by atoms with E-state index in [0.29, 0.717) is 0 Å². The third kappa shape index (κ3) is 0.684. The molecule has 0 aromatic carbocycles. The lowest BCUT2D eigenvalue weighted by Crippen LogP contribution is -2.18. The number of hydrogen-bond acceptors (Lipinski definition) is 1. The zero-order valence-electron chi connectivity index (χ0n) is 7.16. The summed E-state index contributed by atoms with van der Waals surface area (Å²) in [5.41, 5.74) is 0.129. The highest BCUT2D eigenvalue weighted by molar-refractivity contribution is 5.22. The first-order chi connectivity index (χ1) is 5.84. The molecule has 3 rings (SSSR count). The van der Waals surface area contributed by atoms with Crippen molar-refractivity contribution in [2.24, 2.45) is 23.2 Å². The predicted molar refractivity (Wildman–Crippen MR) is 46.1 cm³/mol. The standard InChI is InChI=1S/C11H13N/c12-7-11(3-4-11)10-6-8-1-2-9(10)5-8/h1-2,8-10H,3-6H2. The minimum Gasteiger partial charge on any atom is -0.198 e. The molecule has 2 saturated carbocycles. The third-order valence-corrected chi connectivity index (χ3v) is 4.00. The monoisotopic (exact) mass is 159 g/mol. The van der Waals surface area contributed by atoms with Gasteiger partial charge in [0.15, 0.2) is 0 Å². The van der Waals surface area contributed by atoms with Crippen molar-refractivity contribution in [3.8, 4) is 6.07 Å². The zero-order valence-corrected chi connectivity index (χ0v) is 7.16. The van der Waals surface area contributed by atoms with Gasteiger partial charge in [-0.2, -0.15) is 5.26 Å². The number of hydrogen-bond donors (Lipinski definition) is 0. The highest BCUT2D eigenvalue weighted by Gasteiger charge is 2.55. The molecule has 0 heterocycles. The molecule has 3 unspecified atom stereocenters. The van der Waals surface area contributed by atoms with Gasteiger partial charge in [-0.1, -0.05) is 12.2 Å². The highest BCUT2D eigenvalue weighted by Crippen LogP contribution is 2.61. The Kier molecular flexibility index (Phi) is 1.08. The highest BCUT2D eigenvalue weighted by atomic mass is 14.6. The molecule has 2 bridgehead atoms. The average molecular weight is 159 g/mol. The Labute approximate surface area is 73.1 Å². The molecule has 0 amide bonds. The fraction of sp³-hybridized carbons (Fsp3) is 0.727. The van der Waals surface area contributed by atoms with E-state index in [9.17, 15) is 0 Å². The van der Waals surface area contributed by atoms with Crippen molar-refractivity contribution >= 4 is 0 Å². The minimum atomic E-state index is 0.129. The van der Waals surface area contributed by atoms with Crippen LogP contribution in [0.25, 0.3) is 0 Å². The first-order valence-electron chi connectivity index (χ1n) is 4.94. The van der Waals surface area contributed by atoms with Crippen molar-refractivity contribution in [1.82, 2.24) is 0 Å². The van der Waals surface area contributed by atoms with Crippen LogP contribution < -0.4 is 0 Å². The molecule has 62 valence electrons. The average Bonchev–Trinajstić information content (AvgIpc) is 2.62. The van der Waals surface area contributed by atoms with Gasteiger partial charge >= 0.3 is 0 Å². The molecule has 0 saturated heterocycles. The van der Waals surface area contributed by atoms with Gasteiger partial charge in [-0.25, -0.2) is 0 Å². The van der Waals surface area contributed by atoms with Crippen LogP contribution >= 0.6 is 0 Å². The Bertz CT molecular complexity index is 280. The molecule has 2 fully saturated rings. The molecule has 1 nitrogen and oxygen atoms in total. The second-order valence-corrected chi connectivity index (χ2v) is 4.65. The molecule has 3 aliphatic rings. The maximum atomic E-state index is 9.07. The minimum absolute atomic E-state index is 0.129. The van der Waals surface area contributed by atoms with Crippen LogP contribution in [0.5, 0.6) is 0 Å². The van der Waals surface area contributed by atoms with Crippen LogP contribution in [0.2, 0.25) is 0 Å². The first-order valence-corrected chi connectivity index (χ1v) is 4.94. The van der Waals surface area contributed by atoms with Gasteiger partial charge in [0.1, 0.15) is 0 Å². The molecule has 1 heteroatoms. The largest absolute Gasteiger partial charge is 0.198 e. The van der Waals surface area contributed by atoms with Crippen LogP contribution in [0.1, 0.15) is 25.7 Å². The number of nitriles is 1. The van der Waals surface area contributed by atoms with Crippen LogP contribution in [0.3, 0.4) is 0 Å². The molecule has 3 aliphatic carbocycles. The van der Waals surface area contributed by atoms with E-state index in [2.05, 4.69) is 18.2 Å². The first kappa shape index (κ1) is 6.71. The van der Waals surface area contributed by atoms with E-state index in [4.69, 9.17) is 5.26 Å². The Balaban J connectivity index is 1.88. The zero-order chi connectivity index (χ0) is 8.18. The third-order valence-electron chi connectivity index (χ3n) is 4.00. The van der Waals surface area contributed by atoms with E-state index < -0.39 is 0 Å². The molecule has 12 heavy (non-hydrogen) atoms. The van der Waals surface area contributed by atoms with E-state index >= 15 is 0 Å². The Morgan fingerprint density at radius 2 is 2.08 bits per heavy atom. The van der Waals surface area contributed by atoms with Gasteiger partial charge in [-0.15, -0.1) is 0 Å². The molecular weight excluding hydrogens is 146 g/mol. The topological polar surface area (TPSA) is 23.8 Å². The van der Waals surface area contributed by atoms with Crippen LogP contribution in [0.15, 0.2) is 12.2 Å². The van der Waals surface area contributed by atoms with Gasteiger partial charge in [0, 0.05) is 0 Å². The number of allylic oxidation sites excluding steroid dienone is 2. The summed E-state index contributed by atoms with van der Waals surface area (Å²) in [6, 6.07) is 2.55. The normalized spacial score (nSPS) is 46.1. The smallest absolute Gasteiger partial charge is 0.0692 e. The van der Waals surface area contributed by atoms with E-state index in [1.165, 1.54) is 25.7 Å². The van der Waals surface area contributed by atoms with Gasteiger partial charge in [0.2, 0.25) is 0 Å². The predicted octanol–water partition coefficient (Wildman–Crippen LogP) is 2.50. The SMILES string of the molecule is N#CC1(C2CC3C=CC2C3)CC1. The Hall–Kier alpha value is -0.770. The quantitative estimate of drug-likeness (QED) is 0.539. The summed E-state index contributed by atoms with van der Waals surface area (Å²) < 4.78 is 0. The van der Waals surface area contributed by atoms with Gasteiger partial charge in [-0.05, 0) is 43.4 Å². The van der Waals surface area contributed by atoms with Crippen molar-refractivity contribution in [2.75, 3.05) is 0 Å². The summed E-state index contributed by atoms with van der Waals surface area (Å²) in [6.45, 7) is 0. The van der Waals surface area contributed by atoms with Crippen LogP contribution in [-0.2, 0) is 0 Å². The molecule has 3 atom stereocenters. The van der Waals surface area contributed by atoms with Crippen LogP contribution in [0, 0.1) is 34.5 Å². The lowest BCUT2D eigenvalue weighted by Gasteiger charge is -2.22. The molecule has 0 aromatic rings. The Morgan fingerprint density at radius 3 is 2.50 bits per heavy atom. The fourth-order valence-electron chi connectivity index (χ4n) is 3.12. The van der Waals surface area contributed by atoms with Gasteiger partial charge in [0.05, 0.1) is 11.5 Å². The molecular formula is C11H13N. The van der Waals surface area contributed by atoms with E-state index in [1.807, 2.05) is 0 Å². The summed E-state index contributed by atoms with van der Waals surface area (Å²) in [5.74, 6) is 2.31. The summed E-state index contributed by atoms with van der Waals surface area (Å²) in [4.78, 5) is 0. The fourth-order valence-corrected chi connectivity index (χ4v) is 3.12. The van der Waals surface area contributed by atoms with Crippen molar-refractivity contribution in [3.05, 3.63) is 12.2 Å². The second-order valence-electron chi connectivity index (χ2n) is 4.65. The maximum absolute atomic E-state index is 9.07. The molecule has 0 aliphatic heterocycles. The summed E-state index contributed by atoms with van der Waals surface area (Å²) in [7, 11) is 0. The van der Waals surface area contributed by atoms with Gasteiger partial charge < -0.3 is 0 Å². The lowest BCUT2D eigenvalue weighted by molar-refractivity contribution is 0.328. The van der Waals surface area contributed by atoms with Crippen molar-refractivity contribution in [3.63, 3.8) is 0 Å². The summed E-state index contributed by atoms with van der Waals surface area (Å²) in [5, 5.41) is 9.07. The van der Waals surface area contributed by atoms with Crippen molar-refractivity contribution in [2.45, 2.75) is 25.7 Å². The summed E-state index contributed by atoms with van der Waals surface area (Å²) >= 11 is 0. The molecule has 0 aromatic heterocycles. The Morgan fingerprint density at radius 1 is 1.25 bits per heavy atom. The number of rotatable bonds is 1. The van der Waals surface area contributed by atoms with Crippen molar-refractivity contribution < 1.29 is 0 Å². The van der Waals surface area contributed by atoms with E-state index in [0.717, 1.165) is 17.8 Å². The molecule has 0 N–H and O–H groups in total. The van der Waals surface area contributed by atoms with Gasteiger partial charge in [-0.3, -0.25) is 0 Å². The van der Waals surface area contributed by atoms with Crippen LogP contribution in [0.4, 0.5) is 0 Å². The van der Waals surface area contributed by atoms with E-state index in [-0.39, 0.29) is 5.41 Å². The van der Waals surface area contributed by atoms with Crippen LogP contribution in [-0.4, -0.2) is 0 Å². The second kappa shape index (κ2) is 1.93. The van der Waals surface area contributed by atoms with Gasteiger partial charge in [0.25, 0.3) is 0 Å². The maximum Gasteiger partial charge on any atom is 0.0692 e. The summed E-state index contributed by atoms with van der Waals surface area (Å²) in [6.07, 6.45) is 9.70. The molecule has 0 spiro atoms. The number of nitrogens with zero attached hydrogens (tertiary/aromatic N) is 1. The van der Waals surface area contributed by atoms with E-state index in [1.54, 1.807) is 0 Å². The number of fused-ring (bicyclic) bond motifs is 2.